The molecule has 0 spiro atoms. The average molecular weight is 524 g/mol. The van der Waals surface area contributed by atoms with E-state index >= 15 is 0 Å². The van der Waals surface area contributed by atoms with Gasteiger partial charge in [0.05, 0.1) is 42.9 Å². The number of hydrogen-bond donors (Lipinski definition) is 2. The summed E-state index contributed by atoms with van der Waals surface area (Å²) in [6.07, 6.45) is 2.20. The molecule has 2 aromatic rings. The monoisotopic (exact) mass is 523 g/mol. The molecule has 0 radical (unpaired) electrons. The molecule has 2 rings (SSSR count). The van der Waals surface area contributed by atoms with Crippen molar-refractivity contribution in [1.82, 2.24) is 9.97 Å². The van der Waals surface area contributed by atoms with E-state index in [0.717, 1.165) is 10.6 Å². The summed E-state index contributed by atoms with van der Waals surface area (Å²) < 4.78 is 43.8. The standard InChI is InChI=1S/C25H34FN3O6S/c1-6-13-35-22(32)15-20(31)14-19(30)11-12-21-23(16(2)3)27-25(29(4)36(5,33)34)28-24(21)17-7-9-18(26)10-8-17/h7-12,16,19-20,30-31H,6,13-15H2,1-5H3/b12-11+. The number of rotatable bonds is 12. The maximum Gasteiger partial charge on any atom is 0.308 e. The van der Waals surface area contributed by atoms with Crippen LogP contribution >= 0.6 is 0 Å². The van der Waals surface area contributed by atoms with Crippen LogP contribution < -0.4 is 4.31 Å². The molecular weight excluding hydrogens is 489 g/mol. The van der Waals surface area contributed by atoms with E-state index in [4.69, 9.17) is 4.74 Å². The molecule has 1 aromatic heterocycles. The fraction of sp³-hybridized carbons (Fsp3) is 0.480. The highest BCUT2D eigenvalue weighted by molar-refractivity contribution is 7.92. The van der Waals surface area contributed by atoms with Crippen LogP contribution in [0.3, 0.4) is 0 Å². The first-order valence-electron chi connectivity index (χ1n) is 11.6. The molecule has 2 atom stereocenters. The summed E-state index contributed by atoms with van der Waals surface area (Å²) in [5.74, 6) is -1.18. The molecular formula is C25H34FN3O6S. The number of aliphatic hydroxyl groups is 2. The van der Waals surface area contributed by atoms with Crippen LogP contribution in [-0.4, -0.2) is 66.7 Å². The second-order valence-corrected chi connectivity index (χ2v) is 10.8. The molecule has 0 aliphatic carbocycles. The van der Waals surface area contributed by atoms with Crippen LogP contribution in [0.2, 0.25) is 0 Å². The molecule has 0 fully saturated rings. The summed E-state index contributed by atoms with van der Waals surface area (Å²) in [4.78, 5) is 20.6. The molecule has 0 saturated carbocycles. The summed E-state index contributed by atoms with van der Waals surface area (Å²) >= 11 is 0. The van der Waals surface area contributed by atoms with Gasteiger partial charge in [0.1, 0.15) is 5.82 Å². The lowest BCUT2D eigenvalue weighted by Gasteiger charge is -2.20. The molecule has 11 heteroatoms. The number of sulfonamides is 1. The molecule has 1 heterocycles. The van der Waals surface area contributed by atoms with Crippen LogP contribution in [0.5, 0.6) is 0 Å². The smallest absolute Gasteiger partial charge is 0.308 e. The molecule has 0 aliphatic heterocycles. The Morgan fingerprint density at radius 2 is 1.83 bits per heavy atom. The molecule has 0 saturated heterocycles. The molecule has 1 aromatic carbocycles. The zero-order valence-corrected chi connectivity index (χ0v) is 22.0. The second-order valence-electron chi connectivity index (χ2n) is 8.80. The van der Waals surface area contributed by atoms with E-state index in [1.165, 1.54) is 37.4 Å². The summed E-state index contributed by atoms with van der Waals surface area (Å²) in [7, 11) is -2.30. The van der Waals surface area contributed by atoms with Gasteiger partial charge in [-0.1, -0.05) is 32.9 Å². The minimum atomic E-state index is -3.65. The molecule has 2 unspecified atom stereocenters. The number of nitrogens with zero attached hydrogens (tertiary/aromatic N) is 3. The highest BCUT2D eigenvalue weighted by atomic mass is 32.2. The topological polar surface area (TPSA) is 130 Å². The van der Waals surface area contributed by atoms with Gasteiger partial charge in [-0.25, -0.2) is 27.1 Å². The van der Waals surface area contributed by atoms with Gasteiger partial charge < -0.3 is 14.9 Å². The second kappa shape index (κ2) is 12.9. The van der Waals surface area contributed by atoms with Crippen LogP contribution in [0.15, 0.2) is 30.3 Å². The lowest BCUT2D eigenvalue weighted by Crippen LogP contribution is -2.27. The first kappa shape index (κ1) is 29.3. The SMILES string of the molecule is CCCOC(=O)CC(O)CC(O)/C=C/c1c(-c2ccc(F)cc2)nc(N(C)S(C)(=O)=O)nc1C(C)C. The average Bonchev–Trinajstić information content (AvgIpc) is 2.80. The Morgan fingerprint density at radius 1 is 1.19 bits per heavy atom. The number of aromatic nitrogens is 2. The van der Waals surface area contributed by atoms with Crippen LogP contribution in [0.4, 0.5) is 10.3 Å². The third-order valence-electron chi connectivity index (χ3n) is 5.28. The van der Waals surface area contributed by atoms with Gasteiger partial charge in [-0.05, 0) is 36.6 Å². The van der Waals surface area contributed by atoms with E-state index in [2.05, 4.69) is 9.97 Å². The number of anilines is 1. The first-order valence-corrected chi connectivity index (χ1v) is 13.5. The van der Waals surface area contributed by atoms with Gasteiger partial charge in [0.2, 0.25) is 16.0 Å². The van der Waals surface area contributed by atoms with Crippen molar-refractivity contribution >= 4 is 28.0 Å². The van der Waals surface area contributed by atoms with E-state index in [0.29, 0.717) is 28.9 Å². The molecule has 0 aliphatic rings. The molecule has 0 amide bonds. The Kier molecular flexibility index (Phi) is 10.5. The van der Waals surface area contributed by atoms with Crippen molar-refractivity contribution in [3.63, 3.8) is 0 Å². The number of carbonyl (C=O) groups excluding carboxylic acids is 1. The van der Waals surface area contributed by atoms with Crippen molar-refractivity contribution in [1.29, 1.82) is 0 Å². The van der Waals surface area contributed by atoms with Gasteiger partial charge in [0.25, 0.3) is 0 Å². The maximum absolute atomic E-state index is 13.6. The van der Waals surface area contributed by atoms with Gasteiger partial charge >= 0.3 is 5.97 Å². The summed E-state index contributed by atoms with van der Waals surface area (Å²) in [5.41, 5.74) is 1.91. The number of aliphatic hydroxyl groups excluding tert-OH is 2. The van der Waals surface area contributed by atoms with Crippen LogP contribution in [0, 0.1) is 5.82 Å². The van der Waals surface area contributed by atoms with Crippen LogP contribution in [0.25, 0.3) is 17.3 Å². The van der Waals surface area contributed by atoms with Crippen LogP contribution in [0.1, 0.15) is 57.2 Å². The molecule has 36 heavy (non-hydrogen) atoms. The Morgan fingerprint density at radius 3 is 2.39 bits per heavy atom. The third-order valence-corrected chi connectivity index (χ3v) is 6.43. The van der Waals surface area contributed by atoms with E-state index < -0.39 is 34.0 Å². The highest BCUT2D eigenvalue weighted by Crippen LogP contribution is 2.31. The molecule has 0 bridgehead atoms. The fourth-order valence-electron chi connectivity index (χ4n) is 3.31. The maximum atomic E-state index is 13.6. The van der Waals surface area contributed by atoms with Gasteiger partial charge in [-0.15, -0.1) is 0 Å². The fourth-order valence-corrected chi connectivity index (χ4v) is 3.69. The van der Waals surface area contributed by atoms with Gasteiger partial charge in [-0.3, -0.25) is 4.79 Å². The van der Waals surface area contributed by atoms with Crippen molar-refractivity contribution in [3.8, 4) is 11.3 Å². The molecule has 9 nitrogen and oxygen atoms in total. The number of carbonyl (C=O) groups is 1. The van der Waals surface area contributed by atoms with Crippen molar-refractivity contribution in [2.75, 3.05) is 24.2 Å². The first-order chi connectivity index (χ1) is 16.8. The number of halogens is 1. The third kappa shape index (κ3) is 8.35. The Labute approximate surface area is 211 Å². The van der Waals surface area contributed by atoms with Gasteiger partial charge in [0.15, 0.2) is 0 Å². The predicted molar refractivity (Wildman–Crippen MR) is 136 cm³/mol. The number of hydrogen-bond acceptors (Lipinski definition) is 8. The Bertz CT molecular complexity index is 1170. The lowest BCUT2D eigenvalue weighted by molar-refractivity contribution is -0.146. The lowest BCUT2D eigenvalue weighted by atomic mass is 9.97. The van der Waals surface area contributed by atoms with Crippen LogP contribution in [-0.2, 0) is 19.6 Å². The number of esters is 1. The largest absolute Gasteiger partial charge is 0.466 e. The van der Waals surface area contributed by atoms with E-state index in [9.17, 15) is 27.8 Å². The number of ether oxygens (including phenoxy) is 1. The Hall–Kier alpha value is -2.89. The summed E-state index contributed by atoms with van der Waals surface area (Å²) in [6.45, 7) is 5.88. The van der Waals surface area contributed by atoms with Gasteiger partial charge in [-0.2, -0.15) is 0 Å². The van der Waals surface area contributed by atoms with Crippen molar-refractivity contribution < 1.29 is 32.6 Å². The van der Waals surface area contributed by atoms with E-state index in [1.807, 2.05) is 20.8 Å². The van der Waals surface area contributed by atoms with Crippen molar-refractivity contribution in [2.45, 2.75) is 58.2 Å². The highest BCUT2D eigenvalue weighted by Gasteiger charge is 2.22. The summed E-state index contributed by atoms with van der Waals surface area (Å²) in [5, 5.41) is 20.6. The zero-order chi connectivity index (χ0) is 27.0. The van der Waals surface area contributed by atoms with E-state index in [-0.39, 0.29) is 31.3 Å². The van der Waals surface area contributed by atoms with Crippen molar-refractivity contribution in [2.24, 2.45) is 0 Å². The minimum absolute atomic E-state index is 0.0424. The number of benzene rings is 1. The zero-order valence-electron chi connectivity index (χ0n) is 21.2. The summed E-state index contributed by atoms with van der Waals surface area (Å²) in [6, 6.07) is 5.57. The minimum Gasteiger partial charge on any atom is -0.466 e. The van der Waals surface area contributed by atoms with Crippen molar-refractivity contribution in [3.05, 3.63) is 47.4 Å². The quantitative estimate of drug-likeness (QED) is 0.406. The van der Waals surface area contributed by atoms with E-state index in [1.54, 1.807) is 6.08 Å². The Balaban J connectivity index is 2.46. The normalized spacial score (nSPS) is 13.7. The van der Waals surface area contributed by atoms with Gasteiger partial charge in [0, 0.05) is 24.6 Å². The molecule has 198 valence electrons. The predicted octanol–water partition coefficient (Wildman–Crippen LogP) is 3.27. The molecule has 2 N–H and O–H groups in total.